The maximum absolute atomic E-state index is 12.2. The first-order chi connectivity index (χ1) is 12.1. The minimum atomic E-state index is -0.0671. The van der Waals surface area contributed by atoms with E-state index in [9.17, 15) is 4.79 Å². The number of ether oxygens (including phenoxy) is 2. The molecule has 2 aliphatic heterocycles. The standard InChI is InChI=1S/C19H29N3O3/c1-21(2)15-18(23)22-11-8-19(9-12-22)16(7-14-25-19)6-13-24-17-5-3-4-10-20-17/h3-5,10,16H,6-9,11-15H2,1-2H3. The average Bonchev–Trinajstić information content (AvgIpc) is 2.98. The molecule has 0 radical (unpaired) electrons. The Labute approximate surface area is 150 Å². The van der Waals surface area contributed by atoms with E-state index in [1.807, 2.05) is 42.1 Å². The van der Waals surface area contributed by atoms with Gasteiger partial charge in [-0.05, 0) is 51.8 Å². The minimum absolute atomic E-state index is 0.0671. The molecule has 1 spiro atoms. The summed E-state index contributed by atoms with van der Waals surface area (Å²) < 4.78 is 12.0. The number of rotatable bonds is 6. The second-order valence-electron chi connectivity index (χ2n) is 7.32. The molecule has 0 bridgehead atoms. The summed E-state index contributed by atoms with van der Waals surface area (Å²) in [5, 5.41) is 0. The lowest BCUT2D eigenvalue weighted by molar-refractivity contribution is -0.138. The van der Waals surface area contributed by atoms with Crippen LogP contribution in [-0.4, -0.2) is 73.2 Å². The second-order valence-corrected chi connectivity index (χ2v) is 7.32. The largest absolute Gasteiger partial charge is 0.478 e. The van der Waals surface area contributed by atoms with Crippen molar-refractivity contribution in [2.24, 2.45) is 5.92 Å². The highest BCUT2D eigenvalue weighted by Crippen LogP contribution is 2.42. The summed E-state index contributed by atoms with van der Waals surface area (Å²) in [5.41, 5.74) is -0.0671. The fourth-order valence-electron chi connectivity index (χ4n) is 3.99. The van der Waals surface area contributed by atoms with Crippen molar-refractivity contribution in [3.63, 3.8) is 0 Å². The molecule has 0 aromatic carbocycles. The van der Waals surface area contributed by atoms with Gasteiger partial charge in [0.2, 0.25) is 11.8 Å². The van der Waals surface area contributed by atoms with Gasteiger partial charge in [0.25, 0.3) is 0 Å². The van der Waals surface area contributed by atoms with Gasteiger partial charge in [-0.1, -0.05) is 6.07 Å². The van der Waals surface area contributed by atoms with Crippen LogP contribution in [0.25, 0.3) is 0 Å². The Hall–Kier alpha value is -1.66. The van der Waals surface area contributed by atoms with E-state index >= 15 is 0 Å². The Morgan fingerprint density at radius 3 is 2.88 bits per heavy atom. The third-order valence-electron chi connectivity index (χ3n) is 5.37. The molecule has 2 aliphatic rings. The van der Waals surface area contributed by atoms with Gasteiger partial charge in [0, 0.05) is 32.0 Å². The number of pyridine rings is 1. The summed E-state index contributed by atoms with van der Waals surface area (Å²) in [5.74, 6) is 1.40. The number of piperidine rings is 1. The van der Waals surface area contributed by atoms with Crippen molar-refractivity contribution in [3.05, 3.63) is 24.4 Å². The van der Waals surface area contributed by atoms with Crippen molar-refractivity contribution in [2.75, 3.05) is 46.9 Å². The number of carbonyl (C=O) groups excluding carboxylic acids is 1. The highest BCUT2D eigenvalue weighted by Gasteiger charge is 2.46. The average molecular weight is 347 g/mol. The monoisotopic (exact) mass is 347 g/mol. The molecule has 1 aromatic rings. The third-order valence-corrected chi connectivity index (χ3v) is 5.37. The number of likely N-dealkylation sites (N-methyl/N-ethyl adjacent to an activating group) is 1. The van der Waals surface area contributed by atoms with Crippen LogP contribution < -0.4 is 4.74 Å². The number of nitrogens with zero attached hydrogens (tertiary/aromatic N) is 3. The molecule has 1 unspecified atom stereocenters. The van der Waals surface area contributed by atoms with Gasteiger partial charge >= 0.3 is 0 Å². The minimum Gasteiger partial charge on any atom is -0.478 e. The van der Waals surface area contributed by atoms with Gasteiger partial charge in [-0.3, -0.25) is 4.79 Å². The molecule has 1 amide bonds. The maximum Gasteiger partial charge on any atom is 0.236 e. The molecule has 0 aliphatic carbocycles. The number of hydrogen-bond donors (Lipinski definition) is 0. The number of amides is 1. The first-order valence-electron chi connectivity index (χ1n) is 9.19. The zero-order valence-electron chi connectivity index (χ0n) is 15.3. The van der Waals surface area contributed by atoms with E-state index in [0.29, 0.717) is 24.9 Å². The van der Waals surface area contributed by atoms with Crippen molar-refractivity contribution in [1.82, 2.24) is 14.8 Å². The number of hydrogen-bond acceptors (Lipinski definition) is 5. The maximum atomic E-state index is 12.2. The molecular weight excluding hydrogens is 318 g/mol. The van der Waals surface area contributed by atoms with Crippen molar-refractivity contribution in [1.29, 1.82) is 0 Å². The zero-order chi connectivity index (χ0) is 17.7. The Kier molecular flexibility index (Phi) is 5.91. The Morgan fingerprint density at radius 2 is 2.20 bits per heavy atom. The quantitative estimate of drug-likeness (QED) is 0.786. The van der Waals surface area contributed by atoms with Gasteiger partial charge in [0.15, 0.2) is 0 Å². The van der Waals surface area contributed by atoms with Crippen LogP contribution in [0.3, 0.4) is 0 Å². The molecule has 3 rings (SSSR count). The molecule has 0 saturated carbocycles. The molecular formula is C19H29N3O3. The second kappa shape index (κ2) is 8.15. The molecule has 25 heavy (non-hydrogen) atoms. The molecule has 1 aromatic heterocycles. The van der Waals surface area contributed by atoms with Gasteiger partial charge in [-0.2, -0.15) is 0 Å². The van der Waals surface area contributed by atoms with E-state index in [0.717, 1.165) is 45.4 Å². The topological polar surface area (TPSA) is 54.9 Å². The Bertz CT molecular complexity index is 556. The molecule has 6 heteroatoms. The lowest BCUT2D eigenvalue weighted by Crippen LogP contribution is -2.51. The number of aromatic nitrogens is 1. The molecule has 2 fully saturated rings. The smallest absolute Gasteiger partial charge is 0.236 e. The lowest BCUT2D eigenvalue weighted by Gasteiger charge is -2.42. The van der Waals surface area contributed by atoms with E-state index in [1.165, 1.54) is 0 Å². The van der Waals surface area contributed by atoms with Crippen LogP contribution in [0, 0.1) is 5.92 Å². The van der Waals surface area contributed by atoms with E-state index in [2.05, 4.69) is 4.98 Å². The Balaban J connectivity index is 1.49. The van der Waals surface area contributed by atoms with Crippen molar-refractivity contribution < 1.29 is 14.3 Å². The first-order valence-corrected chi connectivity index (χ1v) is 9.19. The van der Waals surface area contributed by atoms with E-state index in [4.69, 9.17) is 9.47 Å². The van der Waals surface area contributed by atoms with Crippen LogP contribution >= 0.6 is 0 Å². The number of carbonyl (C=O) groups is 1. The molecule has 1 atom stereocenters. The van der Waals surface area contributed by atoms with Crippen LogP contribution in [0.2, 0.25) is 0 Å². The van der Waals surface area contributed by atoms with E-state index in [1.54, 1.807) is 6.20 Å². The van der Waals surface area contributed by atoms with Crippen LogP contribution in [0.1, 0.15) is 25.7 Å². The summed E-state index contributed by atoms with van der Waals surface area (Å²) in [6.45, 7) is 3.56. The molecule has 138 valence electrons. The van der Waals surface area contributed by atoms with Gasteiger partial charge in [0.05, 0.1) is 18.8 Å². The SMILES string of the molecule is CN(C)CC(=O)N1CCC2(CC1)OCCC2CCOc1ccccn1. The first kappa shape index (κ1) is 18.1. The van der Waals surface area contributed by atoms with Gasteiger partial charge in [0.1, 0.15) is 0 Å². The van der Waals surface area contributed by atoms with Crippen LogP contribution in [0.15, 0.2) is 24.4 Å². The molecule has 0 N–H and O–H groups in total. The van der Waals surface area contributed by atoms with Gasteiger partial charge in [-0.15, -0.1) is 0 Å². The molecule has 3 heterocycles. The third kappa shape index (κ3) is 4.50. The van der Waals surface area contributed by atoms with Crippen molar-refractivity contribution in [2.45, 2.75) is 31.3 Å². The molecule has 2 saturated heterocycles. The van der Waals surface area contributed by atoms with Crippen LogP contribution in [0.4, 0.5) is 0 Å². The summed E-state index contributed by atoms with van der Waals surface area (Å²) in [6, 6.07) is 5.71. The summed E-state index contributed by atoms with van der Waals surface area (Å²) in [7, 11) is 3.86. The van der Waals surface area contributed by atoms with Gasteiger partial charge in [-0.25, -0.2) is 4.98 Å². The predicted octanol–water partition coefficient (Wildman–Crippen LogP) is 1.81. The number of likely N-dealkylation sites (tertiary alicyclic amines) is 1. The highest BCUT2D eigenvalue weighted by atomic mass is 16.5. The normalized spacial score (nSPS) is 22.5. The van der Waals surface area contributed by atoms with E-state index < -0.39 is 0 Å². The summed E-state index contributed by atoms with van der Waals surface area (Å²) in [6.07, 6.45) is 5.66. The molecule has 6 nitrogen and oxygen atoms in total. The predicted molar refractivity (Wildman–Crippen MR) is 95.5 cm³/mol. The van der Waals surface area contributed by atoms with Gasteiger partial charge < -0.3 is 19.3 Å². The van der Waals surface area contributed by atoms with E-state index in [-0.39, 0.29) is 11.5 Å². The highest BCUT2D eigenvalue weighted by molar-refractivity contribution is 5.78. The Morgan fingerprint density at radius 1 is 1.40 bits per heavy atom. The van der Waals surface area contributed by atoms with Crippen molar-refractivity contribution >= 4 is 5.91 Å². The zero-order valence-corrected chi connectivity index (χ0v) is 15.3. The van der Waals surface area contributed by atoms with Crippen LogP contribution in [0.5, 0.6) is 5.88 Å². The van der Waals surface area contributed by atoms with Crippen LogP contribution in [-0.2, 0) is 9.53 Å². The summed E-state index contributed by atoms with van der Waals surface area (Å²) in [4.78, 5) is 20.3. The van der Waals surface area contributed by atoms with Crippen molar-refractivity contribution in [3.8, 4) is 5.88 Å². The fraction of sp³-hybridized carbons (Fsp3) is 0.684. The fourth-order valence-corrected chi connectivity index (χ4v) is 3.99. The summed E-state index contributed by atoms with van der Waals surface area (Å²) >= 11 is 0. The lowest BCUT2D eigenvalue weighted by atomic mass is 9.78.